The van der Waals surface area contributed by atoms with Gasteiger partial charge in [-0.05, 0) is 18.2 Å². The summed E-state index contributed by atoms with van der Waals surface area (Å²) in [5, 5.41) is 0. The molecule has 21 heavy (non-hydrogen) atoms. The summed E-state index contributed by atoms with van der Waals surface area (Å²) in [4.78, 5) is 7.03. The molecule has 0 saturated carbocycles. The van der Waals surface area contributed by atoms with E-state index in [4.69, 9.17) is 15.2 Å². The molecule has 1 aromatic carbocycles. The van der Waals surface area contributed by atoms with E-state index >= 15 is 0 Å². The summed E-state index contributed by atoms with van der Waals surface area (Å²) in [6, 6.07) is 5.61. The first-order valence-electron chi connectivity index (χ1n) is 5.80. The summed E-state index contributed by atoms with van der Waals surface area (Å²) in [6.07, 6.45) is -4.61. The van der Waals surface area contributed by atoms with Crippen molar-refractivity contribution >= 4 is 5.95 Å². The first-order valence-corrected chi connectivity index (χ1v) is 5.80. The number of hydrogen-bond donors (Lipinski definition) is 1. The third kappa shape index (κ3) is 2.99. The number of halogens is 3. The van der Waals surface area contributed by atoms with Gasteiger partial charge >= 0.3 is 6.18 Å². The highest BCUT2D eigenvalue weighted by Gasteiger charge is 2.34. The van der Waals surface area contributed by atoms with Crippen LogP contribution in [0, 0.1) is 0 Å². The molecule has 8 heteroatoms. The highest BCUT2D eigenvalue weighted by atomic mass is 19.4. The number of nitrogens with zero attached hydrogens (tertiary/aromatic N) is 2. The molecule has 2 rings (SSSR count). The number of ether oxygens (including phenoxy) is 2. The lowest BCUT2D eigenvalue weighted by atomic mass is 10.1. The average Bonchev–Trinajstić information content (AvgIpc) is 2.44. The van der Waals surface area contributed by atoms with Crippen LogP contribution < -0.4 is 15.2 Å². The van der Waals surface area contributed by atoms with E-state index in [2.05, 4.69) is 9.97 Å². The zero-order chi connectivity index (χ0) is 15.6. The molecule has 0 aliphatic rings. The van der Waals surface area contributed by atoms with Crippen molar-refractivity contribution in [1.82, 2.24) is 9.97 Å². The van der Waals surface area contributed by atoms with E-state index in [0.29, 0.717) is 11.3 Å². The predicted octanol–water partition coefficient (Wildman–Crippen LogP) is 2.76. The number of aromatic nitrogens is 2. The van der Waals surface area contributed by atoms with Crippen LogP contribution in [-0.4, -0.2) is 24.2 Å². The van der Waals surface area contributed by atoms with Gasteiger partial charge in [0.1, 0.15) is 0 Å². The van der Waals surface area contributed by atoms with Crippen molar-refractivity contribution in [3.8, 4) is 22.8 Å². The van der Waals surface area contributed by atoms with E-state index in [9.17, 15) is 13.2 Å². The fourth-order valence-corrected chi connectivity index (χ4v) is 1.84. The smallest absolute Gasteiger partial charge is 0.433 e. The quantitative estimate of drug-likeness (QED) is 0.943. The Labute approximate surface area is 118 Å². The van der Waals surface area contributed by atoms with E-state index < -0.39 is 17.8 Å². The molecule has 0 aliphatic carbocycles. The van der Waals surface area contributed by atoms with Gasteiger partial charge in [-0.1, -0.05) is 6.07 Å². The van der Waals surface area contributed by atoms with Crippen molar-refractivity contribution in [2.24, 2.45) is 0 Å². The summed E-state index contributed by atoms with van der Waals surface area (Å²) >= 11 is 0. The molecule has 0 spiro atoms. The van der Waals surface area contributed by atoms with Crippen LogP contribution in [0.25, 0.3) is 11.3 Å². The van der Waals surface area contributed by atoms with Crippen LogP contribution in [0.5, 0.6) is 11.5 Å². The Bertz CT molecular complexity index is 660. The van der Waals surface area contributed by atoms with Crippen LogP contribution in [-0.2, 0) is 6.18 Å². The normalized spacial score (nSPS) is 11.3. The maximum Gasteiger partial charge on any atom is 0.433 e. The summed E-state index contributed by atoms with van der Waals surface area (Å²) in [7, 11) is 2.81. The van der Waals surface area contributed by atoms with Gasteiger partial charge in [-0.3, -0.25) is 0 Å². The number of hydrogen-bond acceptors (Lipinski definition) is 5. The first kappa shape index (κ1) is 14.9. The minimum Gasteiger partial charge on any atom is -0.493 e. The Kier molecular flexibility index (Phi) is 3.88. The lowest BCUT2D eigenvalue weighted by Gasteiger charge is -2.13. The molecule has 2 N–H and O–H groups in total. The molecule has 0 fully saturated rings. The number of methoxy groups -OCH3 is 2. The van der Waals surface area contributed by atoms with Gasteiger partial charge in [0.25, 0.3) is 0 Å². The van der Waals surface area contributed by atoms with Crippen molar-refractivity contribution < 1.29 is 22.6 Å². The number of benzene rings is 1. The standard InChI is InChI=1S/C13H12F3N3O2/c1-20-9-5-3-4-7(11(9)21-2)8-6-10(13(14,15)16)19-12(17)18-8/h3-6H,1-2H3,(H2,17,18,19). The topological polar surface area (TPSA) is 70.3 Å². The second-order valence-corrected chi connectivity index (χ2v) is 4.04. The van der Waals surface area contributed by atoms with Crippen LogP contribution in [0.3, 0.4) is 0 Å². The molecule has 0 saturated heterocycles. The van der Waals surface area contributed by atoms with E-state index in [-0.39, 0.29) is 11.4 Å². The molecule has 1 heterocycles. The Morgan fingerprint density at radius 2 is 1.81 bits per heavy atom. The zero-order valence-corrected chi connectivity index (χ0v) is 11.2. The average molecular weight is 299 g/mol. The Morgan fingerprint density at radius 1 is 1.10 bits per heavy atom. The van der Waals surface area contributed by atoms with Crippen molar-refractivity contribution in [3.05, 3.63) is 30.0 Å². The lowest BCUT2D eigenvalue weighted by Crippen LogP contribution is -2.11. The van der Waals surface area contributed by atoms with Crippen molar-refractivity contribution in [2.45, 2.75) is 6.18 Å². The van der Waals surface area contributed by atoms with Gasteiger partial charge in [0.05, 0.1) is 19.9 Å². The van der Waals surface area contributed by atoms with Gasteiger partial charge in [0.15, 0.2) is 17.2 Å². The molecule has 0 unspecified atom stereocenters. The number of nitrogen functional groups attached to an aromatic ring is 1. The summed E-state index contributed by atoms with van der Waals surface area (Å²) in [5.41, 5.74) is 4.58. The predicted molar refractivity (Wildman–Crippen MR) is 70.0 cm³/mol. The van der Waals surface area contributed by atoms with Crippen molar-refractivity contribution in [3.63, 3.8) is 0 Å². The van der Waals surface area contributed by atoms with Crippen LogP contribution in [0.2, 0.25) is 0 Å². The number of para-hydroxylation sites is 1. The van der Waals surface area contributed by atoms with Gasteiger partial charge in [-0.2, -0.15) is 13.2 Å². The molecule has 0 radical (unpaired) electrons. The highest BCUT2D eigenvalue weighted by molar-refractivity contribution is 5.72. The second-order valence-electron chi connectivity index (χ2n) is 4.04. The van der Waals surface area contributed by atoms with E-state index in [0.717, 1.165) is 6.07 Å². The Morgan fingerprint density at radius 3 is 2.38 bits per heavy atom. The SMILES string of the molecule is COc1cccc(-c2cc(C(F)(F)F)nc(N)n2)c1OC. The van der Waals surface area contributed by atoms with Gasteiger partial charge in [0.2, 0.25) is 5.95 Å². The third-order valence-electron chi connectivity index (χ3n) is 2.71. The minimum atomic E-state index is -4.61. The van der Waals surface area contributed by atoms with Gasteiger partial charge in [-0.15, -0.1) is 0 Å². The maximum atomic E-state index is 12.8. The molecule has 1 aromatic heterocycles. The van der Waals surface area contributed by atoms with Gasteiger partial charge in [0, 0.05) is 5.56 Å². The summed E-state index contributed by atoms with van der Waals surface area (Å²) in [6.45, 7) is 0. The van der Waals surface area contributed by atoms with Crippen molar-refractivity contribution in [1.29, 1.82) is 0 Å². The Balaban J connectivity index is 2.65. The van der Waals surface area contributed by atoms with E-state index in [1.807, 2.05) is 0 Å². The third-order valence-corrected chi connectivity index (χ3v) is 2.71. The largest absolute Gasteiger partial charge is 0.493 e. The lowest BCUT2D eigenvalue weighted by molar-refractivity contribution is -0.141. The second kappa shape index (κ2) is 5.47. The molecule has 0 bridgehead atoms. The molecule has 5 nitrogen and oxygen atoms in total. The highest BCUT2D eigenvalue weighted by Crippen LogP contribution is 2.38. The number of nitrogens with two attached hydrogens (primary N) is 1. The number of anilines is 1. The van der Waals surface area contributed by atoms with Crippen LogP contribution in [0.1, 0.15) is 5.69 Å². The minimum absolute atomic E-state index is 0.00516. The molecule has 0 amide bonds. The first-order chi connectivity index (χ1) is 9.86. The van der Waals surface area contributed by atoms with Crippen LogP contribution >= 0.6 is 0 Å². The molecule has 2 aromatic rings. The summed E-state index contributed by atoms with van der Waals surface area (Å²) in [5.74, 6) is 0.177. The molecule has 112 valence electrons. The van der Waals surface area contributed by atoms with Crippen molar-refractivity contribution in [2.75, 3.05) is 20.0 Å². The zero-order valence-electron chi connectivity index (χ0n) is 11.2. The van der Waals surface area contributed by atoms with E-state index in [1.165, 1.54) is 14.2 Å². The van der Waals surface area contributed by atoms with Crippen LogP contribution in [0.4, 0.5) is 19.1 Å². The maximum absolute atomic E-state index is 12.8. The molecule has 0 aliphatic heterocycles. The summed E-state index contributed by atoms with van der Waals surface area (Å²) < 4.78 is 48.7. The number of alkyl halides is 3. The van der Waals surface area contributed by atoms with Gasteiger partial charge < -0.3 is 15.2 Å². The monoisotopic (exact) mass is 299 g/mol. The van der Waals surface area contributed by atoms with Crippen LogP contribution in [0.15, 0.2) is 24.3 Å². The molecular weight excluding hydrogens is 287 g/mol. The number of rotatable bonds is 3. The van der Waals surface area contributed by atoms with E-state index in [1.54, 1.807) is 18.2 Å². The van der Waals surface area contributed by atoms with Gasteiger partial charge in [-0.25, -0.2) is 9.97 Å². The Hall–Kier alpha value is -2.51. The fourth-order valence-electron chi connectivity index (χ4n) is 1.84. The molecule has 0 atom stereocenters. The fraction of sp³-hybridized carbons (Fsp3) is 0.231. The molecular formula is C13H12F3N3O2.